The van der Waals surface area contributed by atoms with E-state index < -0.39 is 11.9 Å². The second-order valence-corrected chi connectivity index (χ2v) is 3.74. The Hall–Kier alpha value is -1.45. The second kappa shape index (κ2) is 4.38. The molecule has 1 fully saturated rings. The summed E-state index contributed by atoms with van der Waals surface area (Å²) in [6.45, 7) is 0.445. The maximum absolute atomic E-state index is 12.5. The molecule has 0 N–H and O–H groups in total. The minimum absolute atomic E-state index is 0.298. The van der Waals surface area contributed by atoms with Gasteiger partial charge < -0.3 is 4.74 Å². The lowest BCUT2D eigenvalue weighted by molar-refractivity contribution is 0.0494. The summed E-state index contributed by atoms with van der Waals surface area (Å²) in [7, 11) is 0. The molecule has 3 nitrogen and oxygen atoms in total. The maximum atomic E-state index is 12.5. The van der Waals surface area contributed by atoms with Crippen molar-refractivity contribution >= 4 is 5.97 Å². The van der Waals surface area contributed by atoms with E-state index in [1.54, 1.807) is 0 Å². The summed E-state index contributed by atoms with van der Waals surface area (Å²) in [6, 6.07) is 2.53. The van der Waals surface area contributed by atoms with Crippen LogP contribution < -0.4 is 0 Å². The number of halogens is 1. The first-order valence-corrected chi connectivity index (χ1v) is 5.04. The lowest BCUT2D eigenvalue weighted by Gasteiger charge is -2.03. The van der Waals surface area contributed by atoms with Crippen molar-refractivity contribution in [3.63, 3.8) is 0 Å². The van der Waals surface area contributed by atoms with Gasteiger partial charge in [-0.25, -0.2) is 9.78 Å². The summed E-state index contributed by atoms with van der Waals surface area (Å²) in [6.07, 6.45) is 4.61. The highest BCUT2D eigenvalue weighted by Crippen LogP contribution is 2.32. The Morgan fingerprint density at radius 2 is 2.33 bits per heavy atom. The van der Waals surface area contributed by atoms with Crippen LogP contribution >= 0.6 is 0 Å². The number of carbonyl (C=O) groups is 1. The molecule has 0 atom stereocenters. The molecule has 0 amide bonds. The molecule has 1 aromatic rings. The van der Waals surface area contributed by atoms with Gasteiger partial charge in [-0.05, 0) is 24.5 Å². The van der Waals surface area contributed by atoms with Gasteiger partial charge in [0, 0.05) is 6.20 Å². The Morgan fingerprint density at radius 3 is 2.93 bits per heavy atom. The molecular formula is C11H12FNO2. The lowest BCUT2D eigenvalue weighted by atomic mass is 10.3. The topological polar surface area (TPSA) is 39.2 Å². The number of ether oxygens (including phenoxy) is 1. The summed E-state index contributed by atoms with van der Waals surface area (Å²) >= 11 is 0. The largest absolute Gasteiger partial charge is 0.462 e. The number of esters is 1. The van der Waals surface area contributed by atoms with E-state index in [9.17, 15) is 9.18 Å². The molecule has 1 saturated carbocycles. The van der Waals surface area contributed by atoms with Crippen molar-refractivity contribution in [2.45, 2.75) is 19.3 Å². The van der Waals surface area contributed by atoms with E-state index in [0.29, 0.717) is 12.2 Å². The van der Waals surface area contributed by atoms with Crippen LogP contribution in [0.4, 0.5) is 4.39 Å². The molecule has 1 heterocycles. The van der Waals surface area contributed by atoms with Crippen molar-refractivity contribution in [1.29, 1.82) is 0 Å². The van der Waals surface area contributed by atoms with Gasteiger partial charge in [-0.2, -0.15) is 4.39 Å². The molecule has 2 rings (SSSR count). The molecule has 4 heteroatoms. The van der Waals surface area contributed by atoms with Gasteiger partial charge >= 0.3 is 5.97 Å². The number of pyridine rings is 1. The first-order chi connectivity index (χ1) is 7.25. The van der Waals surface area contributed by atoms with Crippen LogP contribution in [0.15, 0.2) is 18.3 Å². The average Bonchev–Trinajstić information content (AvgIpc) is 3.02. The molecule has 0 spiro atoms. The van der Waals surface area contributed by atoms with E-state index in [2.05, 4.69) is 4.98 Å². The first kappa shape index (κ1) is 10.1. The van der Waals surface area contributed by atoms with E-state index in [1.165, 1.54) is 25.1 Å². The smallest absolute Gasteiger partial charge is 0.339 e. The summed E-state index contributed by atoms with van der Waals surface area (Å²) < 4.78 is 17.5. The van der Waals surface area contributed by atoms with Gasteiger partial charge in [0.1, 0.15) is 0 Å². The highest BCUT2D eigenvalue weighted by atomic mass is 19.1. The number of carbonyl (C=O) groups excluding carboxylic acids is 1. The van der Waals surface area contributed by atoms with Crippen LogP contribution in [0, 0.1) is 11.9 Å². The van der Waals surface area contributed by atoms with Gasteiger partial charge in [0.25, 0.3) is 0 Å². The number of aromatic nitrogens is 1. The number of nitrogens with zero attached hydrogens (tertiary/aromatic N) is 1. The Kier molecular flexibility index (Phi) is 2.94. The van der Waals surface area contributed by atoms with Gasteiger partial charge in [0.15, 0.2) is 0 Å². The van der Waals surface area contributed by atoms with E-state index in [-0.39, 0.29) is 0 Å². The molecule has 0 aromatic carbocycles. The van der Waals surface area contributed by atoms with Crippen LogP contribution in [-0.4, -0.2) is 17.6 Å². The summed E-state index contributed by atoms with van der Waals surface area (Å²) in [5.41, 5.74) is 0.298. The SMILES string of the molecule is O=C(OCCC1CC1)c1ccc(F)nc1. The summed E-state index contributed by atoms with van der Waals surface area (Å²) in [4.78, 5) is 14.8. The third-order valence-corrected chi connectivity index (χ3v) is 2.42. The zero-order valence-electron chi connectivity index (χ0n) is 8.28. The van der Waals surface area contributed by atoms with Gasteiger partial charge in [0.2, 0.25) is 5.95 Å². The third-order valence-electron chi connectivity index (χ3n) is 2.42. The maximum Gasteiger partial charge on any atom is 0.339 e. The normalized spacial score (nSPS) is 15.0. The monoisotopic (exact) mass is 209 g/mol. The van der Waals surface area contributed by atoms with Gasteiger partial charge in [-0.3, -0.25) is 0 Å². The van der Waals surface area contributed by atoms with Crippen LogP contribution in [0.25, 0.3) is 0 Å². The predicted molar refractivity (Wildman–Crippen MR) is 51.8 cm³/mol. The summed E-state index contributed by atoms with van der Waals surface area (Å²) in [5, 5.41) is 0. The van der Waals surface area contributed by atoms with Crippen molar-refractivity contribution in [2.75, 3.05) is 6.61 Å². The molecule has 0 saturated heterocycles. The molecule has 1 aromatic heterocycles. The minimum atomic E-state index is -0.593. The quantitative estimate of drug-likeness (QED) is 0.563. The molecular weight excluding hydrogens is 197 g/mol. The zero-order valence-corrected chi connectivity index (χ0v) is 8.28. The number of hydrogen-bond acceptors (Lipinski definition) is 3. The Labute approximate surface area is 87.3 Å². The molecule has 80 valence electrons. The predicted octanol–water partition coefficient (Wildman–Crippen LogP) is 2.18. The second-order valence-electron chi connectivity index (χ2n) is 3.74. The van der Waals surface area contributed by atoms with Crippen LogP contribution in [0.2, 0.25) is 0 Å². The minimum Gasteiger partial charge on any atom is -0.462 e. The van der Waals surface area contributed by atoms with Gasteiger partial charge in [-0.1, -0.05) is 12.8 Å². The zero-order chi connectivity index (χ0) is 10.7. The Bertz CT molecular complexity index is 346. The van der Waals surface area contributed by atoms with Crippen LogP contribution in [0.1, 0.15) is 29.6 Å². The van der Waals surface area contributed by atoms with Crippen LogP contribution in [-0.2, 0) is 4.74 Å². The molecule has 0 radical (unpaired) electrons. The number of rotatable bonds is 4. The average molecular weight is 209 g/mol. The van der Waals surface area contributed by atoms with E-state index in [4.69, 9.17) is 4.74 Å². The third kappa shape index (κ3) is 3.01. The summed E-state index contributed by atoms with van der Waals surface area (Å²) in [5.74, 6) is -0.281. The first-order valence-electron chi connectivity index (χ1n) is 5.04. The van der Waals surface area contributed by atoms with E-state index in [0.717, 1.165) is 18.4 Å². The standard InChI is InChI=1S/C11H12FNO2/c12-10-4-3-9(7-13-10)11(14)15-6-5-8-1-2-8/h3-4,7-8H,1-2,5-6H2. The van der Waals surface area contributed by atoms with Crippen LogP contribution in [0.3, 0.4) is 0 Å². The fourth-order valence-corrected chi connectivity index (χ4v) is 1.30. The van der Waals surface area contributed by atoms with Crippen molar-refractivity contribution < 1.29 is 13.9 Å². The lowest BCUT2D eigenvalue weighted by Crippen LogP contribution is -2.07. The highest BCUT2D eigenvalue weighted by molar-refractivity contribution is 5.88. The fourth-order valence-electron chi connectivity index (χ4n) is 1.30. The number of hydrogen-bond donors (Lipinski definition) is 0. The van der Waals surface area contributed by atoms with Crippen molar-refractivity contribution in [3.05, 3.63) is 29.8 Å². The molecule has 0 unspecified atom stereocenters. The molecule has 0 aliphatic heterocycles. The van der Waals surface area contributed by atoms with Crippen molar-refractivity contribution in [2.24, 2.45) is 5.92 Å². The fraction of sp³-hybridized carbons (Fsp3) is 0.455. The highest BCUT2D eigenvalue weighted by Gasteiger charge is 2.21. The van der Waals surface area contributed by atoms with Crippen molar-refractivity contribution in [3.8, 4) is 0 Å². The Morgan fingerprint density at radius 1 is 1.53 bits per heavy atom. The molecule has 15 heavy (non-hydrogen) atoms. The van der Waals surface area contributed by atoms with Crippen LogP contribution in [0.5, 0.6) is 0 Å². The van der Waals surface area contributed by atoms with Gasteiger partial charge in [-0.15, -0.1) is 0 Å². The van der Waals surface area contributed by atoms with Crippen molar-refractivity contribution in [1.82, 2.24) is 4.98 Å². The van der Waals surface area contributed by atoms with E-state index in [1.807, 2.05) is 0 Å². The molecule has 1 aliphatic rings. The van der Waals surface area contributed by atoms with E-state index >= 15 is 0 Å². The molecule has 0 bridgehead atoms. The Balaban J connectivity index is 1.81. The molecule has 1 aliphatic carbocycles. The van der Waals surface area contributed by atoms with Gasteiger partial charge in [0.05, 0.1) is 12.2 Å².